The van der Waals surface area contributed by atoms with Crippen LogP contribution in [-0.4, -0.2) is 58.5 Å². The third-order valence-electron chi connectivity index (χ3n) is 3.51. The zero-order chi connectivity index (χ0) is 15.9. The number of piperidine rings is 1. The van der Waals surface area contributed by atoms with Gasteiger partial charge in [0.1, 0.15) is 0 Å². The molecule has 0 aromatic carbocycles. The molecule has 7 nitrogen and oxygen atoms in total. The highest BCUT2D eigenvalue weighted by Gasteiger charge is 2.32. The van der Waals surface area contributed by atoms with E-state index in [0.717, 1.165) is 6.54 Å². The van der Waals surface area contributed by atoms with E-state index in [1.54, 1.807) is 6.92 Å². The molecule has 1 saturated heterocycles. The summed E-state index contributed by atoms with van der Waals surface area (Å²) >= 11 is 0. The normalized spacial score (nSPS) is 22.0. The summed E-state index contributed by atoms with van der Waals surface area (Å²) in [4.78, 5) is 11.7. The minimum atomic E-state index is -3.53. The molecule has 0 spiro atoms. The summed E-state index contributed by atoms with van der Waals surface area (Å²) in [5.74, 6) is -0.457. The van der Waals surface area contributed by atoms with Gasteiger partial charge in [-0.05, 0) is 39.3 Å². The predicted octanol–water partition coefficient (Wildman–Crippen LogP) is -0.0486. The summed E-state index contributed by atoms with van der Waals surface area (Å²) < 4.78 is 33.5. The maximum absolute atomic E-state index is 12.3. The van der Waals surface area contributed by atoms with Crippen molar-refractivity contribution in [1.29, 1.82) is 0 Å². The Bertz CT molecular complexity index is 427. The lowest BCUT2D eigenvalue weighted by molar-refractivity contribution is -0.149. The van der Waals surface area contributed by atoms with Gasteiger partial charge in [0.15, 0.2) is 0 Å². The van der Waals surface area contributed by atoms with Crippen LogP contribution < -0.4 is 10.0 Å². The quantitative estimate of drug-likeness (QED) is 0.612. The molecule has 0 radical (unpaired) electrons. The Morgan fingerprint density at radius 1 is 1.43 bits per heavy atom. The average molecular weight is 321 g/mol. The monoisotopic (exact) mass is 321 g/mol. The van der Waals surface area contributed by atoms with E-state index in [1.165, 1.54) is 4.31 Å². The van der Waals surface area contributed by atoms with Crippen LogP contribution in [0.5, 0.6) is 0 Å². The van der Waals surface area contributed by atoms with Crippen LogP contribution in [0.25, 0.3) is 0 Å². The van der Waals surface area contributed by atoms with E-state index in [0.29, 0.717) is 32.5 Å². The summed E-state index contributed by atoms with van der Waals surface area (Å²) in [7, 11) is -1.70. The number of esters is 1. The number of ether oxygens (including phenoxy) is 1. The lowest BCUT2D eigenvalue weighted by Gasteiger charge is -2.31. The first-order valence-corrected chi connectivity index (χ1v) is 8.90. The molecule has 1 aliphatic heterocycles. The number of hydrogen-bond acceptors (Lipinski definition) is 5. The third kappa shape index (κ3) is 5.90. The maximum atomic E-state index is 12.3. The fourth-order valence-corrected chi connectivity index (χ4v) is 3.80. The highest BCUT2D eigenvalue weighted by molar-refractivity contribution is 7.87. The van der Waals surface area contributed by atoms with E-state index >= 15 is 0 Å². The largest absolute Gasteiger partial charge is 0.466 e. The molecule has 2 atom stereocenters. The van der Waals surface area contributed by atoms with Crippen LogP contribution in [-0.2, 0) is 19.7 Å². The maximum Gasteiger partial charge on any atom is 0.310 e. The van der Waals surface area contributed by atoms with Crippen molar-refractivity contribution < 1.29 is 17.9 Å². The van der Waals surface area contributed by atoms with Crippen molar-refractivity contribution in [2.75, 3.05) is 39.8 Å². The van der Waals surface area contributed by atoms with E-state index in [4.69, 9.17) is 4.74 Å². The van der Waals surface area contributed by atoms with Gasteiger partial charge in [0.05, 0.1) is 12.5 Å². The van der Waals surface area contributed by atoms with E-state index in [-0.39, 0.29) is 24.3 Å². The van der Waals surface area contributed by atoms with Gasteiger partial charge in [-0.25, -0.2) is 4.72 Å². The average Bonchev–Trinajstić information content (AvgIpc) is 2.46. The molecule has 2 N–H and O–H groups in total. The summed E-state index contributed by atoms with van der Waals surface area (Å²) in [5, 5.41) is 3.01. The predicted molar refractivity (Wildman–Crippen MR) is 80.9 cm³/mol. The molecule has 0 aliphatic carbocycles. The highest BCUT2D eigenvalue weighted by atomic mass is 32.2. The van der Waals surface area contributed by atoms with E-state index in [9.17, 15) is 13.2 Å². The molecule has 0 aromatic heterocycles. The van der Waals surface area contributed by atoms with Gasteiger partial charge in [-0.3, -0.25) is 4.79 Å². The molecule has 1 aliphatic rings. The molecule has 1 fully saturated rings. The van der Waals surface area contributed by atoms with Crippen LogP contribution >= 0.6 is 0 Å². The number of carbonyl (C=O) groups excluding carboxylic acids is 1. The second-order valence-electron chi connectivity index (χ2n) is 5.47. The molecule has 1 heterocycles. The lowest BCUT2D eigenvalue weighted by atomic mass is 10.0. The van der Waals surface area contributed by atoms with E-state index < -0.39 is 10.2 Å². The molecule has 0 saturated carbocycles. The Balaban J connectivity index is 2.55. The Hall–Kier alpha value is -0.700. The van der Waals surface area contributed by atoms with Crippen LogP contribution in [0.3, 0.4) is 0 Å². The van der Waals surface area contributed by atoms with E-state index in [2.05, 4.69) is 10.0 Å². The lowest BCUT2D eigenvalue weighted by Crippen LogP contribution is -2.48. The number of nitrogens with one attached hydrogen (secondary N) is 2. The SMILES string of the molecule is CCOC(=O)C1CCCN(S(=O)(=O)NCC(C)CNC)C1. The molecule has 124 valence electrons. The first kappa shape index (κ1) is 18.3. The van der Waals surface area contributed by atoms with Gasteiger partial charge in [-0.1, -0.05) is 6.92 Å². The summed E-state index contributed by atoms with van der Waals surface area (Å²) in [6.07, 6.45) is 1.36. The number of carbonyl (C=O) groups is 1. The zero-order valence-corrected chi connectivity index (χ0v) is 13.9. The standard InChI is InChI=1S/C13H27N3O4S/c1-4-20-13(17)12-6-5-7-16(10-12)21(18,19)15-9-11(2)8-14-3/h11-12,14-15H,4-10H2,1-3H3. The Morgan fingerprint density at radius 3 is 2.76 bits per heavy atom. The fourth-order valence-electron chi connectivity index (χ4n) is 2.37. The van der Waals surface area contributed by atoms with Crippen molar-refractivity contribution in [2.24, 2.45) is 11.8 Å². The van der Waals surface area contributed by atoms with Crippen LogP contribution in [0.15, 0.2) is 0 Å². The molecule has 0 amide bonds. The minimum absolute atomic E-state index is 0.203. The van der Waals surface area contributed by atoms with Gasteiger partial charge in [0.2, 0.25) is 0 Å². The topological polar surface area (TPSA) is 87.7 Å². The Kier molecular flexibility index (Phi) is 7.58. The zero-order valence-electron chi connectivity index (χ0n) is 13.1. The van der Waals surface area contributed by atoms with Crippen molar-refractivity contribution >= 4 is 16.2 Å². The van der Waals surface area contributed by atoms with Crippen molar-refractivity contribution in [1.82, 2.24) is 14.3 Å². The van der Waals surface area contributed by atoms with Crippen LogP contribution in [0.4, 0.5) is 0 Å². The van der Waals surface area contributed by atoms with Gasteiger partial charge in [0, 0.05) is 19.6 Å². The molecule has 2 unspecified atom stereocenters. The molecule has 0 bridgehead atoms. The van der Waals surface area contributed by atoms with Gasteiger partial charge >= 0.3 is 5.97 Å². The van der Waals surface area contributed by atoms with Crippen LogP contribution in [0.1, 0.15) is 26.7 Å². The van der Waals surface area contributed by atoms with Gasteiger partial charge in [0.25, 0.3) is 10.2 Å². The molecule has 0 aromatic rings. The van der Waals surface area contributed by atoms with Gasteiger partial charge in [-0.2, -0.15) is 12.7 Å². The van der Waals surface area contributed by atoms with Crippen molar-refractivity contribution in [3.63, 3.8) is 0 Å². The summed E-state index contributed by atoms with van der Waals surface area (Å²) in [6.45, 7) is 5.82. The number of rotatable bonds is 8. The molecular weight excluding hydrogens is 294 g/mol. The van der Waals surface area contributed by atoms with Crippen molar-refractivity contribution in [2.45, 2.75) is 26.7 Å². The molecular formula is C13H27N3O4S. The van der Waals surface area contributed by atoms with E-state index in [1.807, 2.05) is 14.0 Å². The Morgan fingerprint density at radius 2 is 2.14 bits per heavy atom. The van der Waals surface area contributed by atoms with Gasteiger partial charge < -0.3 is 10.1 Å². The smallest absolute Gasteiger partial charge is 0.310 e. The fraction of sp³-hybridized carbons (Fsp3) is 0.923. The summed E-state index contributed by atoms with van der Waals surface area (Å²) in [5.41, 5.74) is 0. The van der Waals surface area contributed by atoms with Crippen LogP contribution in [0.2, 0.25) is 0 Å². The first-order valence-electron chi connectivity index (χ1n) is 7.46. The Labute approximate surface area is 127 Å². The number of nitrogens with zero attached hydrogens (tertiary/aromatic N) is 1. The molecule has 8 heteroatoms. The molecule has 21 heavy (non-hydrogen) atoms. The van der Waals surface area contributed by atoms with Crippen molar-refractivity contribution in [3.8, 4) is 0 Å². The summed E-state index contributed by atoms with van der Waals surface area (Å²) in [6, 6.07) is 0. The third-order valence-corrected chi connectivity index (χ3v) is 5.05. The van der Waals surface area contributed by atoms with Crippen molar-refractivity contribution in [3.05, 3.63) is 0 Å². The highest BCUT2D eigenvalue weighted by Crippen LogP contribution is 2.19. The minimum Gasteiger partial charge on any atom is -0.466 e. The molecule has 1 rings (SSSR count). The number of hydrogen-bond donors (Lipinski definition) is 2. The van der Waals surface area contributed by atoms with Gasteiger partial charge in [-0.15, -0.1) is 0 Å². The van der Waals surface area contributed by atoms with Crippen LogP contribution in [0, 0.1) is 11.8 Å². The second kappa shape index (κ2) is 8.67. The second-order valence-corrected chi connectivity index (χ2v) is 7.22. The first-order chi connectivity index (χ1) is 9.90.